The molecule has 2 nitrogen and oxygen atoms in total. The smallest absolute Gasteiger partial charge is 0.150 e. The highest BCUT2D eigenvalue weighted by Crippen LogP contribution is 2.00. The average Bonchev–Trinajstić information content (AvgIpc) is 2.03. The standard InChI is InChI=1S/C8H9NO/c9-5-7-1-3-8(6-10)4-2-7/h1-4,6H,5,9H2/i5D2. The predicted molar refractivity (Wildman–Crippen MR) is 39.7 cm³/mol. The van der Waals surface area contributed by atoms with Gasteiger partial charge in [0.25, 0.3) is 0 Å². The van der Waals surface area contributed by atoms with Gasteiger partial charge in [-0.3, -0.25) is 4.79 Å². The van der Waals surface area contributed by atoms with Crippen molar-refractivity contribution in [2.45, 2.75) is 6.50 Å². The summed E-state index contributed by atoms with van der Waals surface area (Å²) >= 11 is 0. The maximum Gasteiger partial charge on any atom is 0.150 e. The summed E-state index contributed by atoms with van der Waals surface area (Å²) in [4.78, 5) is 10.2. The fourth-order valence-corrected chi connectivity index (χ4v) is 0.658. The zero-order chi connectivity index (χ0) is 9.19. The molecule has 0 spiro atoms. The topological polar surface area (TPSA) is 43.1 Å². The second-order valence-corrected chi connectivity index (χ2v) is 1.88. The van der Waals surface area contributed by atoms with Crippen LogP contribution in [-0.4, -0.2) is 6.29 Å². The first kappa shape index (κ1) is 4.63. The third kappa shape index (κ3) is 1.42. The third-order valence-electron chi connectivity index (χ3n) is 1.21. The van der Waals surface area contributed by atoms with Crippen LogP contribution in [0.2, 0.25) is 0 Å². The Kier molecular flexibility index (Phi) is 1.45. The van der Waals surface area contributed by atoms with Gasteiger partial charge in [0.15, 0.2) is 0 Å². The van der Waals surface area contributed by atoms with Crippen molar-refractivity contribution in [2.24, 2.45) is 5.73 Å². The fraction of sp³-hybridized carbons (Fsp3) is 0.125. The zero-order valence-electron chi connectivity index (χ0n) is 7.37. The Morgan fingerprint density at radius 1 is 1.50 bits per heavy atom. The first-order chi connectivity index (χ1) is 5.54. The highest BCUT2D eigenvalue weighted by atomic mass is 16.1. The van der Waals surface area contributed by atoms with E-state index in [1.165, 1.54) is 24.3 Å². The summed E-state index contributed by atoms with van der Waals surface area (Å²) in [5.74, 6) is 0. The van der Waals surface area contributed by atoms with Gasteiger partial charge in [0.05, 0.1) is 0 Å². The number of carbonyl (C=O) groups excluding carboxylic acids is 1. The molecule has 0 radical (unpaired) electrons. The van der Waals surface area contributed by atoms with E-state index in [2.05, 4.69) is 0 Å². The molecule has 1 rings (SSSR count). The minimum atomic E-state index is -1.83. The summed E-state index contributed by atoms with van der Waals surface area (Å²) in [7, 11) is 0. The van der Waals surface area contributed by atoms with Crippen LogP contribution in [0.15, 0.2) is 24.3 Å². The van der Waals surface area contributed by atoms with Gasteiger partial charge in [-0.1, -0.05) is 24.3 Å². The van der Waals surface area contributed by atoms with E-state index in [0.717, 1.165) is 0 Å². The number of carbonyl (C=O) groups is 1. The molecule has 0 aliphatic carbocycles. The Labute approximate surface area is 62.5 Å². The monoisotopic (exact) mass is 137 g/mol. The molecule has 1 aromatic carbocycles. The van der Waals surface area contributed by atoms with Crippen LogP contribution < -0.4 is 5.73 Å². The second kappa shape index (κ2) is 3.13. The Balaban J connectivity index is 3.00. The lowest BCUT2D eigenvalue weighted by atomic mass is 10.1. The highest BCUT2D eigenvalue weighted by molar-refractivity contribution is 5.74. The van der Waals surface area contributed by atoms with Crippen molar-refractivity contribution in [2.75, 3.05) is 0 Å². The Morgan fingerprint density at radius 3 is 2.50 bits per heavy atom. The maximum absolute atomic E-state index is 10.2. The van der Waals surface area contributed by atoms with Crippen molar-refractivity contribution in [1.29, 1.82) is 0 Å². The third-order valence-corrected chi connectivity index (χ3v) is 1.21. The van der Waals surface area contributed by atoms with Crippen LogP contribution in [0.5, 0.6) is 0 Å². The van der Waals surface area contributed by atoms with E-state index in [9.17, 15) is 4.79 Å². The molecule has 0 unspecified atom stereocenters. The van der Waals surface area contributed by atoms with E-state index in [0.29, 0.717) is 17.4 Å². The molecule has 10 heavy (non-hydrogen) atoms. The van der Waals surface area contributed by atoms with Crippen molar-refractivity contribution >= 4 is 6.29 Å². The van der Waals surface area contributed by atoms with Crippen molar-refractivity contribution in [3.63, 3.8) is 0 Å². The summed E-state index contributed by atoms with van der Waals surface area (Å²) in [5.41, 5.74) is 6.08. The zero-order valence-corrected chi connectivity index (χ0v) is 5.37. The SMILES string of the molecule is [2H]C([2H])(N)c1ccc(C=O)cc1. The van der Waals surface area contributed by atoms with E-state index in [4.69, 9.17) is 8.48 Å². The second-order valence-electron chi connectivity index (χ2n) is 1.88. The van der Waals surface area contributed by atoms with Gasteiger partial charge >= 0.3 is 0 Å². The van der Waals surface area contributed by atoms with Crippen LogP contribution in [-0.2, 0) is 6.50 Å². The van der Waals surface area contributed by atoms with E-state index < -0.39 is 6.50 Å². The van der Waals surface area contributed by atoms with Crippen molar-refractivity contribution in [1.82, 2.24) is 0 Å². The Hall–Kier alpha value is -1.15. The Bertz CT molecular complexity index is 276. The molecule has 0 heterocycles. The maximum atomic E-state index is 10.2. The number of aldehydes is 1. The average molecular weight is 137 g/mol. The molecule has 0 amide bonds. The molecular formula is C8H9NO. The van der Waals surface area contributed by atoms with Crippen LogP contribution in [0.4, 0.5) is 0 Å². The molecule has 2 heteroatoms. The molecular weight excluding hydrogens is 126 g/mol. The predicted octanol–water partition coefficient (Wildman–Crippen LogP) is 0.958. The van der Waals surface area contributed by atoms with Gasteiger partial charge in [0.2, 0.25) is 0 Å². The van der Waals surface area contributed by atoms with Gasteiger partial charge < -0.3 is 5.73 Å². The summed E-state index contributed by atoms with van der Waals surface area (Å²) < 4.78 is 14.3. The van der Waals surface area contributed by atoms with Crippen molar-refractivity contribution in [3.8, 4) is 0 Å². The van der Waals surface area contributed by atoms with Gasteiger partial charge in [-0.05, 0) is 5.56 Å². The largest absolute Gasteiger partial charge is 0.326 e. The van der Waals surface area contributed by atoms with E-state index in [-0.39, 0.29) is 0 Å². The van der Waals surface area contributed by atoms with Crippen LogP contribution in [0.3, 0.4) is 0 Å². The molecule has 0 bridgehead atoms. The number of hydrogen-bond donors (Lipinski definition) is 1. The molecule has 0 atom stereocenters. The minimum absolute atomic E-state index is 0.369. The number of benzene rings is 1. The first-order valence-corrected chi connectivity index (χ1v) is 2.88. The lowest BCUT2D eigenvalue weighted by molar-refractivity contribution is 0.112. The van der Waals surface area contributed by atoms with Gasteiger partial charge in [-0.15, -0.1) is 0 Å². The van der Waals surface area contributed by atoms with Crippen molar-refractivity contribution < 1.29 is 7.54 Å². The molecule has 52 valence electrons. The van der Waals surface area contributed by atoms with Crippen LogP contribution in [0.1, 0.15) is 18.7 Å². The minimum Gasteiger partial charge on any atom is -0.326 e. The van der Waals surface area contributed by atoms with Gasteiger partial charge in [0, 0.05) is 14.8 Å². The van der Waals surface area contributed by atoms with Crippen LogP contribution in [0, 0.1) is 0 Å². The van der Waals surface area contributed by atoms with Gasteiger partial charge in [-0.25, -0.2) is 0 Å². The number of hydrogen-bond acceptors (Lipinski definition) is 2. The first-order valence-electron chi connectivity index (χ1n) is 3.88. The molecule has 0 saturated carbocycles. The number of rotatable bonds is 2. The summed E-state index contributed by atoms with van der Waals surface area (Å²) in [6.45, 7) is -1.83. The van der Waals surface area contributed by atoms with E-state index in [1.54, 1.807) is 0 Å². The van der Waals surface area contributed by atoms with Crippen molar-refractivity contribution in [3.05, 3.63) is 35.4 Å². The molecule has 0 aliphatic heterocycles. The fourth-order valence-electron chi connectivity index (χ4n) is 0.658. The summed E-state index contributed by atoms with van der Waals surface area (Å²) in [6.07, 6.45) is 0.704. The lowest BCUT2D eigenvalue weighted by Crippen LogP contribution is -1.95. The summed E-state index contributed by atoms with van der Waals surface area (Å²) in [6, 6.07) is 6.08. The highest BCUT2D eigenvalue weighted by Gasteiger charge is 1.88. The van der Waals surface area contributed by atoms with Crippen LogP contribution in [0.25, 0.3) is 0 Å². The normalized spacial score (nSPS) is 13.7. The Morgan fingerprint density at radius 2 is 2.10 bits per heavy atom. The molecule has 0 saturated heterocycles. The lowest BCUT2D eigenvalue weighted by Gasteiger charge is -1.93. The van der Waals surface area contributed by atoms with E-state index >= 15 is 0 Å². The molecule has 1 aromatic rings. The van der Waals surface area contributed by atoms with Gasteiger partial charge in [-0.2, -0.15) is 0 Å². The molecule has 0 aromatic heterocycles. The number of nitrogens with two attached hydrogens (primary N) is 1. The molecule has 2 N–H and O–H groups in total. The summed E-state index contributed by atoms with van der Waals surface area (Å²) in [5, 5.41) is 0. The molecule has 0 aliphatic rings. The molecule has 0 fully saturated rings. The quantitative estimate of drug-likeness (QED) is 0.617. The van der Waals surface area contributed by atoms with Crippen LogP contribution >= 0.6 is 0 Å². The van der Waals surface area contributed by atoms with E-state index in [1.807, 2.05) is 0 Å². The van der Waals surface area contributed by atoms with Gasteiger partial charge in [0.1, 0.15) is 6.29 Å².